The molecule has 0 saturated heterocycles. The lowest BCUT2D eigenvalue weighted by Gasteiger charge is -2.08. The molecule has 1 nitrogen and oxygen atoms in total. The Morgan fingerprint density at radius 3 is 2.33 bits per heavy atom. The molecule has 0 aliphatic heterocycles. The van der Waals surface area contributed by atoms with E-state index in [2.05, 4.69) is 13.8 Å². The Balaban J connectivity index is 3.06. The zero-order chi connectivity index (χ0) is 7.28. The van der Waals surface area contributed by atoms with E-state index in [1.165, 1.54) is 0 Å². The highest BCUT2D eigenvalue weighted by molar-refractivity contribution is 7.91. The molecule has 0 aromatic rings. The smallest absolute Gasteiger partial charge is 0.105 e. The molecule has 0 spiro atoms. The highest BCUT2D eigenvalue weighted by atomic mass is 32.2. The van der Waals surface area contributed by atoms with Crippen LogP contribution in [0.4, 0.5) is 0 Å². The molecule has 9 heavy (non-hydrogen) atoms. The van der Waals surface area contributed by atoms with Gasteiger partial charge in [-0.3, -0.25) is 0 Å². The summed E-state index contributed by atoms with van der Waals surface area (Å²) in [5.41, 5.74) is 0. The summed E-state index contributed by atoms with van der Waals surface area (Å²) >= 11 is -0.548. The Morgan fingerprint density at radius 2 is 2.00 bits per heavy atom. The van der Waals surface area contributed by atoms with E-state index in [-0.39, 0.29) is 0 Å². The van der Waals surface area contributed by atoms with Crippen molar-refractivity contribution in [1.82, 2.24) is 0 Å². The van der Waals surface area contributed by atoms with E-state index in [9.17, 15) is 4.55 Å². The topological polar surface area (TPSA) is 23.1 Å². The zero-order valence-electron chi connectivity index (χ0n) is 6.52. The molecule has 0 fully saturated rings. The molecular formula is C7H16OS. The molecule has 0 aliphatic rings. The van der Waals surface area contributed by atoms with Gasteiger partial charge in [0.05, 0.1) is 0 Å². The predicted octanol–water partition coefficient (Wildman–Crippen LogP) is 1.80. The van der Waals surface area contributed by atoms with Gasteiger partial charge in [0.1, 0.15) is 11.5 Å². The summed E-state index contributed by atoms with van der Waals surface area (Å²) in [6.45, 7) is 6.29. The monoisotopic (exact) mass is 148 g/mol. The molecule has 0 radical (unpaired) electrons. The summed E-state index contributed by atoms with van der Waals surface area (Å²) in [6.07, 6.45) is 1.10. The quantitative estimate of drug-likeness (QED) is 0.557. The Kier molecular flexibility index (Phi) is 5.30. The van der Waals surface area contributed by atoms with E-state index in [1.54, 1.807) is 0 Å². The van der Waals surface area contributed by atoms with E-state index in [0.29, 0.717) is 5.92 Å². The van der Waals surface area contributed by atoms with Crippen molar-refractivity contribution in [3.63, 3.8) is 0 Å². The highest BCUT2D eigenvalue weighted by Crippen LogP contribution is 2.02. The first-order valence-corrected chi connectivity index (χ1v) is 5.00. The molecule has 0 aromatic carbocycles. The SMILES string of the molecule is CC[S+]([O-])CCC(C)C. The van der Waals surface area contributed by atoms with Gasteiger partial charge in [-0.25, -0.2) is 0 Å². The molecule has 0 amide bonds. The van der Waals surface area contributed by atoms with E-state index in [4.69, 9.17) is 0 Å². The molecule has 2 heteroatoms. The molecule has 1 atom stereocenters. The van der Waals surface area contributed by atoms with Gasteiger partial charge >= 0.3 is 0 Å². The van der Waals surface area contributed by atoms with Crippen LogP contribution in [0.5, 0.6) is 0 Å². The Bertz CT molecular complexity index is 63.9. The lowest BCUT2D eigenvalue weighted by Crippen LogP contribution is -2.10. The minimum Gasteiger partial charge on any atom is -0.616 e. The van der Waals surface area contributed by atoms with Crippen LogP contribution in [0.2, 0.25) is 0 Å². The first-order chi connectivity index (χ1) is 4.16. The van der Waals surface area contributed by atoms with Gasteiger partial charge < -0.3 is 4.55 Å². The fourth-order valence-electron chi connectivity index (χ4n) is 0.511. The van der Waals surface area contributed by atoms with Gasteiger partial charge in [-0.2, -0.15) is 0 Å². The summed E-state index contributed by atoms with van der Waals surface area (Å²) in [5.74, 6) is 2.39. The van der Waals surface area contributed by atoms with Gasteiger partial charge in [0.15, 0.2) is 0 Å². The fraction of sp³-hybridized carbons (Fsp3) is 1.00. The summed E-state index contributed by atoms with van der Waals surface area (Å²) in [4.78, 5) is 0. The molecule has 0 aromatic heterocycles. The minimum absolute atomic E-state index is 0.548. The predicted molar refractivity (Wildman–Crippen MR) is 43.0 cm³/mol. The summed E-state index contributed by atoms with van der Waals surface area (Å²) in [6, 6.07) is 0. The molecular weight excluding hydrogens is 132 g/mol. The number of rotatable bonds is 4. The normalized spacial score (nSPS) is 14.3. The van der Waals surface area contributed by atoms with Crippen molar-refractivity contribution >= 4 is 11.2 Å². The molecule has 56 valence electrons. The molecule has 1 unspecified atom stereocenters. The van der Waals surface area contributed by atoms with Gasteiger partial charge in [0, 0.05) is 0 Å². The maximum Gasteiger partial charge on any atom is 0.105 e. The largest absolute Gasteiger partial charge is 0.616 e. The zero-order valence-corrected chi connectivity index (χ0v) is 7.33. The summed E-state index contributed by atoms with van der Waals surface area (Å²) in [5, 5.41) is 0. The number of hydrogen-bond acceptors (Lipinski definition) is 1. The third-order valence-corrected chi connectivity index (χ3v) is 2.58. The van der Waals surface area contributed by atoms with Crippen LogP contribution in [0.1, 0.15) is 27.2 Å². The van der Waals surface area contributed by atoms with Crippen LogP contribution in [-0.2, 0) is 11.2 Å². The van der Waals surface area contributed by atoms with Crippen LogP contribution in [0.3, 0.4) is 0 Å². The molecule has 0 rings (SSSR count). The minimum atomic E-state index is -0.548. The molecule has 0 bridgehead atoms. The van der Waals surface area contributed by atoms with Crippen LogP contribution in [0.15, 0.2) is 0 Å². The average molecular weight is 148 g/mol. The third-order valence-electron chi connectivity index (χ3n) is 1.24. The van der Waals surface area contributed by atoms with Crippen molar-refractivity contribution in [2.24, 2.45) is 5.92 Å². The summed E-state index contributed by atoms with van der Waals surface area (Å²) in [7, 11) is 0. The fourth-order valence-corrected chi connectivity index (χ4v) is 1.53. The van der Waals surface area contributed by atoms with Gasteiger partial charge in [-0.1, -0.05) is 25.0 Å². The molecule has 0 saturated carbocycles. The maximum atomic E-state index is 10.8. The van der Waals surface area contributed by atoms with Crippen molar-refractivity contribution in [3.8, 4) is 0 Å². The van der Waals surface area contributed by atoms with Crippen molar-refractivity contribution in [3.05, 3.63) is 0 Å². The maximum absolute atomic E-state index is 10.8. The van der Waals surface area contributed by atoms with Gasteiger partial charge in [-0.15, -0.1) is 0 Å². The Labute approximate surface area is 61.0 Å². The van der Waals surface area contributed by atoms with E-state index in [0.717, 1.165) is 17.9 Å². The van der Waals surface area contributed by atoms with Crippen LogP contribution in [0, 0.1) is 5.92 Å². The van der Waals surface area contributed by atoms with Crippen molar-refractivity contribution < 1.29 is 4.55 Å². The van der Waals surface area contributed by atoms with Gasteiger partial charge in [0.25, 0.3) is 0 Å². The van der Waals surface area contributed by atoms with E-state index in [1.807, 2.05) is 6.92 Å². The highest BCUT2D eigenvalue weighted by Gasteiger charge is 2.02. The Hall–Kier alpha value is 0.310. The molecule has 0 aliphatic carbocycles. The summed E-state index contributed by atoms with van der Waals surface area (Å²) < 4.78 is 10.8. The standard InChI is InChI=1S/C7H16OS/c1-4-9(8)6-5-7(2)3/h7H,4-6H2,1-3H3. The second kappa shape index (κ2) is 5.12. The first kappa shape index (κ1) is 9.31. The van der Waals surface area contributed by atoms with Gasteiger partial charge in [-0.05, 0) is 19.3 Å². The molecule has 0 N–H and O–H groups in total. The lowest BCUT2D eigenvalue weighted by atomic mass is 10.2. The second-order valence-corrected chi connectivity index (χ2v) is 4.48. The van der Waals surface area contributed by atoms with Crippen molar-refractivity contribution in [1.29, 1.82) is 0 Å². The first-order valence-electron chi connectivity index (χ1n) is 3.51. The van der Waals surface area contributed by atoms with Crippen LogP contribution >= 0.6 is 0 Å². The van der Waals surface area contributed by atoms with Crippen LogP contribution in [-0.4, -0.2) is 16.1 Å². The van der Waals surface area contributed by atoms with E-state index < -0.39 is 11.2 Å². The number of hydrogen-bond donors (Lipinski definition) is 0. The lowest BCUT2D eigenvalue weighted by molar-refractivity contribution is 0.574. The Morgan fingerprint density at radius 1 is 1.44 bits per heavy atom. The third kappa shape index (κ3) is 6.19. The van der Waals surface area contributed by atoms with Crippen molar-refractivity contribution in [2.45, 2.75) is 27.2 Å². The van der Waals surface area contributed by atoms with E-state index >= 15 is 0 Å². The van der Waals surface area contributed by atoms with Gasteiger partial charge in [0.2, 0.25) is 0 Å². The second-order valence-electron chi connectivity index (χ2n) is 2.62. The molecule has 0 heterocycles. The van der Waals surface area contributed by atoms with Crippen LogP contribution in [0.25, 0.3) is 0 Å². The average Bonchev–Trinajstić information content (AvgIpc) is 1.83. The van der Waals surface area contributed by atoms with Crippen LogP contribution < -0.4 is 0 Å². The van der Waals surface area contributed by atoms with Crippen molar-refractivity contribution in [2.75, 3.05) is 11.5 Å².